The molecule has 5 heterocycles. The lowest BCUT2D eigenvalue weighted by molar-refractivity contribution is -0.143. The number of nitrogens with two attached hydrogens (primary N) is 1. The number of nitrogens with zero attached hydrogens (tertiary/aromatic N) is 7. The minimum atomic E-state index is -0.917. The summed E-state index contributed by atoms with van der Waals surface area (Å²) in [6.07, 6.45) is 2.74. The number of para-hydroxylation sites is 1. The Morgan fingerprint density at radius 3 is 2.45 bits per heavy atom. The number of benzene rings is 3. The van der Waals surface area contributed by atoms with Gasteiger partial charge in [0.25, 0.3) is 5.91 Å². The molecular formula is C48H53N9O8S. The molecule has 6 aromatic rings. The standard InChI is InChI=1S/C48H53N9O8S/c1-29(2)43(57-26-33-8-4-5-9-36(33)47(57)61)48(62)56-27-35(58)21-40(56)46(60)50-23-32-13-12-31(44-30(3)51-28-66-44)20-42(32)65-19-18-64-17-16-63-15-14-55-25-34(24-52-55)38-22-39(53-54-45(38)49)37-10-6-7-11-41(37)59/h4-13,20,22,24-25,28-29,35,40,43,58-59H,14-19,21,23,26-27H2,1-3H3,(H2,49,54)(H,50,60)/t35-,40+,43+/m1/s1. The van der Waals surface area contributed by atoms with Crippen molar-refractivity contribution >= 4 is 34.9 Å². The van der Waals surface area contributed by atoms with Crippen molar-refractivity contribution in [2.45, 2.75) is 65.0 Å². The first kappa shape index (κ1) is 45.8. The number of ether oxygens (including phenoxy) is 3. The van der Waals surface area contributed by atoms with Gasteiger partial charge in [-0.3, -0.25) is 19.1 Å². The van der Waals surface area contributed by atoms with Crippen molar-refractivity contribution in [1.82, 2.24) is 40.1 Å². The van der Waals surface area contributed by atoms with E-state index in [4.69, 9.17) is 19.9 Å². The number of carbonyl (C=O) groups is 3. The molecule has 3 amide bonds. The molecule has 3 aromatic carbocycles. The maximum absolute atomic E-state index is 14.2. The first-order valence-electron chi connectivity index (χ1n) is 21.9. The van der Waals surface area contributed by atoms with Crippen LogP contribution in [0.2, 0.25) is 0 Å². The average molecular weight is 916 g/mol. The first-order valence-corrected chi connectivity index (χ1v) is 22.8. The lowest BCUT2D eigenvalue weighted by atomic mass is 10.0. The summed E-state index contributed by atoms with van der Waals surface area (Å²) in [5.41, 5.74) is 14.4. The number of nitrogens with one attached hydrogen (secondary N) is 1. The molecule has 344 valence electrons. The van der Waals surface area contributed by atoms with Gasteiger partial charge in [-0.05, 0) is 54.3 Å². The Kier molecular flexibility index (Phi) is 14.3. The Morgan fingerprint density at radius 1 is 0.939 bits per heavy atom. The van der Waals surface area contributed by atoms with Crippen LogP contribution in [0.4, 0.5) is 5.82 Å². The molecule has 18 heteroatoms. The average Bonchev–Trinajstić information content (AvgIpc) is 4.12. The first-order chi connectivity index (χ1) is 32.0. The summed E-state index contributed by atoms with van der Waals surface area (Å²) in [7, 11) is 0. The normalized spacial score (nSPS) is 16.2. The van der Waals surface area contributed by atoms with Crippen molar-refractivity contribution in [1.29, 1.82) is 0 Å². The number of fused-ring (bicyclic) bond motifs is 1. The number of β-amino-alcohol motifs (C(OH)–C–C–N with tert-alkyl or cyclic N) is 1. The Labute approximate surface area is 386 Å². The van der Waals surface area contributed by atoms with Crippen LogP contribution >= 0.6 is 11.3 Å². The van der Waals surface area contributed by atoms with E-state index >= 15 is 0 Å². The number of likely N-dealkylation sites (tertiary alicyclic amines) is 1. The second-order valence-electron chi connectivity index (χ2n) is 16.6. The number of hydrogen-bond acceptors (Lipinski definition) is 14. The largest absolute Gasteiger partial charge is 0.507 e. The number of phenols is 1. The Morgan fingerprint density at radius 2 is 1.70 bits per heavy atom. The molecule has 8 rings (SSSR count). The molecular weight excluding hydrogens is 863 g/mol. The number of phenolic OH excluding ortho intramolecular Hbond substituents is 1. The summed E-state index contributed by atoms with van der Waals surface area (Å²) >= 11 is 1.52. The van der Waals surface area contributed by atoms with Gasteiger partial charge in [-0.25, -0.2) is 4.98 Å². The molecule has 3 atom stereocenters. The van der Waals surface area contributed by atoms with E-state index in [1.807, 2.05) is 63.4 Å². The van der Waals surface area contributed by atoms with Gasteiger partial charge in [-0.2, -0.15) is 5.10 Å². The number of aromatic nitrogens is 5. The van der Waals surface area contributed by atoms with E-state index in [-0.39, 0.29) is 62.0 Å². The zero-order chi connectivity index (χ0) is 46.3. The molecule has 2 aliphatic rings. The van der Waals surface area contributed by atoms with Gasteiger partial charge in [0.2, 0.25) is 11.8 Å². The third kappa shape index (κ3) is 10.2. The van der Waals surface area contributed by atoms with E-state index in [1.165, 1.54) is 16.2 Å². The van der Waals surface area contributed by atoms with Gasteiger partial charge >= 0.3 is 0 Å². The van der Waals surface area contributed by atoms with Crippen LogP contribution in [-0.2, 0) is 38.7 Å². The molecule has 0 radical (unpaired) electrons. The lowest BCUT2D eigenvalue weighted by Crippen LogP contribution is -2.55. The fraction of sp³-hybridized carbons (Fsp3) is 0.354. The van der Waals surface area contributed by atoms with Gasteiger partial charge in [0, 0.05) is 60.1 Å². The summed E-state index contributed by atoms with van der Waals surface area (Å²) in [4.78, 5) is 49.9. The third-order valence-electron chi connectivity index (χ3n) is 11.7. The minimum Gasteiger partial charge on any atom is -0.507 e. The molecule has 1 saturated heterocycles. The van der Waals surface area contributed by atoms with Crippen molar-refractivity contribution in [3.63, 3.8) is 0 Å². The van der Waals surface area contributed by atoms with Crippen LogP contribution in [0.5, 0.6) is 11.5 Å². The third-order valence-corrected chi connectivity index (χ3v) is 12.7. The fourth-order valence-corrected chi connectivity index (χ4v) is 9.18. The van der Waals surface area contributed by atoms with E-state index in [0.717, 1.165) is 32.8 Å². The molecule has 3 aromatic heterocycles. The lowest BCUT2D eigenvalue weighted by Gasteiger charge is -2.35. The number of aliphatic hydroxyl groups excluding tert-OH is 1. The van der Waals surface area contributed by atoms with Crippen LogP contribution in [0.1, 0.15) is 47.4 Å². The number of nitrogen functional groups attached to an aromatic ring is 1. The summed E-state index contributed by atoms with van der Waals surface area (Å²) in [6.45, 7) is 8.21. The molecule has 17 nitrogen and oxygen atoms in total. The predicted octanol–water partition coefficient (Wildman–Crippen LogP) is 5.10. The number of rotatable bonds is 19. The fourth-order valence-electron chi connectivity index (χ4n) is 8.38. The molecule has 5 N–H and O–H groups in total. The predicted molar refractivity (Wildman–Crippen MR) is 247 cm³/mol. The number of anilines is 1. The van der Waals surface area contributed by atoms with Gasteiger partial charge in [-0.15, -0.1) is 21.5 Å². The van der Waals surface area contributed by atoms with Gasteiger partial charge < -0.3 is 45.3 Å². The van der Waals surface area contributed by atoms with Crippen molar-refractivity contribution in [2.24, 2.45) is 5.92 Å². The maximum Gasteiger partial charge on any atom is 0.255 e. The number of amides is 3. The van der Waals surface area contributed by atoms with Crippen molar-refractivity contribution in [3.05, 3.63) is 113 Å². The van der Waals surface area contributed by atoms with Gasteiger partial charge in [0.05, 0.1) is 67.0 Å². The van der Waals surface area contributed by atoms with Gasteiger partial charge in [-0.1, -0.05) is 56.3 Å². The minimum absolute atomic E-state index is 0.00595. The maximum atomic E-state index is 14.2. The number of thiazole rings is 1. The monoisotopic (exact) mass is 915 g/mol. The number of aliphatic hydroxyl groups is 1. The van der Waals surface area contributed by atoms with Crippen molar-refractivity contribution in [2.75, 3.05) is 45.3 Å². The quantitative estimate of drug-likeness (QED) is 0.0779. The highest BCUT2D eigenvalue weighted by Crippen LogP contribution is 2.34. The Bertz CT molecular complexity index is 2690. The van der Waals surface area contributed by atoms with Gasteiger partial charge in [0.1, 0.15) is 30.2 Å². The number of carbonyl (C=O) groups excluding carboxylic acids is 3. The van der Waals surface area contributed by atoms with Crippen LogP contribution < -0.4 is 15.8 Å². The molecule has 0 saturated carbocycles. The summed E-state index contributed by atoms with van der Waals surface area (Å²) in [6, 6.07) is 20.1. The molecule has 0 unspecified atom stereocenters. The number of aryl methyl sites for hydroxylation is 1. The second kappa shape index (κ2) is 20.6. The van der Waals surface area contributed by atoms with Crippen LogP contribution in [-0.4, -0.2) is 120 Å². The smallest absolute Gasteiger partial charge is 0.255 e. The number of aromatic hydroxyl groups is 1. The molecule has 2 aliphatic heterocycles. The molecule has 0 spiro atoms. The Hall–Kier alpha value is -6.73. The summed E-state index contributed by atoms with van der Waals surface area (Å²) in [5, 5.41) is 36.7. The highest BCUT2D eigenvalue weighted by molar-refractivity contribution is 7.13. The Balaban J connectivity index is 0.824. The van der Waals surface area contributed by atoms with Crippen molar-refractivity contribution in [3.8, 4) is 44.3 Å². The zero-order valence-corrected chi connectivity index (χ0v) is 37.8. The van der Waals surface area contributed by atoms with E-state index in [0.29, 0.717) is 61.0 Å². The van der Waals surface area contributed by atoms with Crippen LogP contribution in [0.15, 0.2) is 90.7 Å². The van der Waals surface area contributed by atoms with Gasteiger partial charge in [0.15, 0.2) is 5.82 Å². The number of hydrogen-bond donors (Lipinski definition) is 4. The topological polar surface area (TPSA) is 220 Å². The van der Waals surface area contributed by atoms with Crippen LogP contribution in [0.3, 0.4) is 0 Å². The molecule has 1 fully saturated rings. The van der Waals surface area contributed by atoms with Crippen LogP contribution in [0, 0.1) is 12.8 Å². The highest BCUT2D eigenvalue weighted by Gasteiger charge is 2.46. The SMILES string of the molecule is Cc1ncsc1-c1ccc(CNC(=O)[C@@H]2C[C@@H](O)CN2C(=O)[C@H](C(C)C)N2Cc3ccccc3C2=O)c(OCCOCCOCCn2cc(-c3cc(-c4ccccc4O)nnc3N)cn2)c1. The van der Waals surface area contributed by atoms with E-state index in [9.17, 15) is 24.6 Å². The van der Waals surface area contributed by atoms with E-state index < -0.39 is 24.1 Å². The molecule has 66 heavy (non-hydrogen) atoms. The summed E-state index contributed by atoms with van der Waals surface area (Å²) < 4.78 is 19.6. The second-order valence-corrected chi connectivity index (χ2v) is 17.4. The molecule has 0 aliphatic carbocycles. The highest BCUT2D eigenvalue weighted by atomic mass is 32.1. The van der Waals surface area contributed by atoms with Crippen LogP contribution in [0.25, 0.3) is 32.8 Å². The molecule has 0 bridgehead atoms. The summed E-state index contributed by atoms with van der Waals surface area (Å²) in [5.74, 6) is -0.306. The van der Waals surface area contributed by atoms with E-state index in [1.54, 1.807) is 57.7 Å². The van der Waals surface area contributed by atoms with Crippen molar-refractivity contribution < 1.29 is 38.8 Å². The zero-order valence-electron chi connectivity index (χ0n) is 37.0. The van der Waals surface area contributed by atoms with E-state index in [2.05, 4.69) is 25.6 Å².